The van der Waals surface area contributed by atoms with Gasteiger partial charge in [-0.05, 0) is 30.4 Å². The van der Waals surface area contributed by atoms with Gasteiger partial charge in [0.15, 0.2) is 0 Å². The van der Waals surface area contributed by atoms with Crippen molar-refractivity contribution in [3.05, 3.63) is 40.4 Å². The summed E-state index contributed by atoms with van der Waals surface area (Å²) in [5, 5.41) is 12.5. The van der Waals surface area contributed by atoms with Crippen LogP contribution in [0.1, 0.15) is 38.9 Å². The molecule has 2 rings (SSSR count). The van der Waals surface area contributed by atoms with Gasteiger partial charge in [0.1, 0.15) is 5.82 Å². The zero-order chi connectivity index (χ0) is 17.6. The van der Waals surface area contributed by atoms with E-state index in [9.17, 15) is 9.59 Å². The van der Waals surface area contributed by atoms with E-state index in [1.165, 1.54) is 0 Å². The van der Waals surface area contributed by atoms with Gasteiger partial charge >= 0.3 is 0 Å². The molecule has 0 aliphatic heterocycles. The normalized spacial score (nSPS) is 11.6. The Labute approximate surface area is 141 Å². The Balaban J connectivity index is 1.84. The number of amides is 1. The van der Waals surface area contributed by atoms with Crippen molar-refractivity contribution in [1.82, 2.24) is 15.3 Å². The molecular weight excluding hydrogens is 306 g/mol. The number of hydrogen-bond donors (Lipinski definition) is 3. The fourth-order valence-electron chi connectivity index (χ4n) is 2.49. The van der Waals surface area contributed by atoms with Gasteiger partial charge in [-0.1, -0.05) is 26.0 Å². The summed E-state index contributed by atoms with van der Waals surface area (Å²) in [6.45, 7) is 4.67. The third-order valence-corrected chi connectivity index (χ3v) is 4.03. The second-order valence-corrected chi connectivity index (χ2v) is 6.80. The van der Waals surface area contributed by atoms with Crippen LogP contribution in [0.4, 0.5) is 0 Å². The minimum Gasteiger partial charge on any atom is -0.396 e. The van der Waals surface area contributed by atoms with Gasteiger partial charge in [0.2, 0.25) is 5.91 Å². The molecule has 24 heavy (non-hydrogen) atoms. The van der Waals surface area contributed by atoms with Crippen LogP contribution in [-0.4, -0.2) is 34.1 Å². The maximum atomic E-state index is 12.0. The molecule has 0 aliphatic rings. The second kappa shape index (κ2) is 8.06. The first-order valence-corrected chi connectivity index (χ1v) is 8.27. The van der Waals surface area contributed by atoms with Gasteiger partial charge in [-0.3, -0.25) is 9.59 Å². The average molecular weight is 331 g/mol. The molecule has 0 spiro atoms. The lowest BCUT2D eigenvalue weighted by molar-refractivity contribution is -0.121. The number of nitrogens with one attached hydrogen (secondary N) is 2. The zero-order valence-corrected chi connectivity index (χ0v) is 14.3. The highest BCUT2D eigenvalue weighted by molar-refractivity contribution is 5.77. The van der Waals surface area contributed by atoms with Gasteiger partial charge < -0.3 is 15.4 Å². The molecule has 2 aromatic rings. The fourth-order valence-corrected chi connectivity index (χ4v) is 2.49. The Morgan fingerprint density at radius 2 is 2.08 bits per heavy atom. The number of para-hydroxylation sites is 1. The molecule has 0 saturated carbocycles. The van der Waals surface area contributed by atoms with E-state index in [4.69, 9.17) is 5.11 Å². The molecule has 0 unspecified atom stereocenters. The van der Waals surface area contributed by atoms with Crippen LogP contribution in [0.3, 0.4) is 0 Å². The number of nitrogens with zero attached hydrogens (tertiary/aromatic N) is 1. The highest BCUT2D eigenvalue weighted by Crippen LogP contribution is 2.18. The Morgan fingerprint density at radius 1 is 1.33 bits per heavy atom. The molecule has 0 bridgehead atoms. The van der Waals surface area contributed by atoms with Crippen LogP contribution in [0.15, 0.2) is 29.1 Å². The van der Waals surface area contributed by atoms with Crippen LogP contribution in [0.5, 0.6) is 0 Å². The average Bonchev–Trinajstić information content (AvgIpc) is 2.53. The molecule has 6 heteroatoms. The van der Waals surface area contributed by atoms with Crippen LogP contribution < -0.4 is 10.9 Å². The van der Waals surface area contributed by atoms with Gasteiger partial charge in [0.05, 0.1) is 10.9 Å². The van der Waals surface area contributed by atoms with Crippen LogP contribution >= 0.6 is 0 Å². The SMILES string of the molecule is CC(C)(CCO)CNC(=O)CCCc1nc2ccccc2c(=O)[nH]1. The van der Waals surface area contributed by atoms with Crippen LogP contribution in [0.25, 0.3) is 10.9 Å². The van der Waals surface area contributed by atoms with E-state index in [1.54, 1.807) is 6.07 Å². The summed E-state index contributed by atoms with van der Waals surface area (Å²) in [6, 6.07) is 7.21. The topological polar surface area (TPSA) is 95.1 Å². The number of aliphatic hydroxyl groups excluding tert-OH is 1. The van der Waals surface area contributed by atoms with Crippen molar-refractivity contribution in [3.63, 3.8) is 0 Å². The van der Waals surface area contributed by atoms with E-state index >= 15 is 0 Å². The third-order valence-electron chi connectivity index (χ3n) is 4.03. The van der Waals surface area contributed by atoms with Gasteiger partial charge in [0, 0.05) is 26.0 Å². The van der Waals surface area contributed by atoms with Gasteiger partial charge in [-0.25, -0.2) is 4.98 Å². The Hall–Kier alpha value is -2.21. The largest absolute Gasteiger partial charge is 0.396 e. The number of aromatic amines is 1. The van der Waals surface area contributed by atoms with Crippen molar-refractivity contribution in [2.24, 2.45) is 5.41 Å². The first-order chi connectivity index (χ1) is 11.4. The number of aromatic nitrogens is 2. The highest BCUT2D eigenvalue weighted by atomic mass is 16.3. The lowest BCUT2D eigenvalue weighted by Crippen LogP contribution is -2.34. The van der Waals surface area contributed by atoms with E-state index in [1.807, 2.05) is 32.0 Å². The molecule has 0 fully saturated rings. The minimum absolute atomic E-state index is 0.0239. The third kappa shape index (κ3) is 5.16. The monoisotopic (exact) mass is 331 g/mol. The zero-order valence-electron chi connectivity index (χ0n) is 14.3. The van der Waals surface area contributed by atoms with Crippen molar-refractivity contribution in [3.8, 4) is 0 Å². The van der Waals surface area contributed by atoms with E-state index in [0.717, 1.165) is 0 Å². The fraction of sp³-hybridized carbons (Fsp3) is 0.500. The number of fused-ring (bicyclic) bond motifs is 1. The quantitative estimate of drug-likeness (QED) is 0.687. The summed E-state index contributed by atoms with van der Waals surface area (Å²) < 4.78 is 0. The number of carbonyl (C=O) groups excluding carboxylic acids is 1. The standard InChI is InChI=1S/C18H25N3O3/c1-18(2,10-11-22)12-19-16(23)9-5-8-15-20-14-7-4-3-6-13(14)17(24)21-15/h3-4,6-7,22H,5,8-12H2,1-2H3,(H,19,23)(H,20,21,24). The summed E-state index contributed by atoms with van der Waals surface area (Å²) in [4.78, 5) is 31.1. The molecule has 1 aromatic heterocycles. The Morgan fingerprint density at radius 3 is 2.83 bits per heavy atom. The maximum absolute atomic E-state index is 12.0. The number of H-pyrrole nitrogens is 1. The number of aryl methyl sites for hydroxylation is 1. The number of carbonyl (C=O) groups is 1. The van der Waals surface area contributed by atoms with Crippen LogP contribution in [-0.2, 0) is 11.2 Å². The van der Waals surface area contributed by atoms with E-state index in [2.05, 4.69) is 15.3 Å². The van der Waals surface area contributed by atoms with Crippen molar-refractivity contribution in [2.75, 3.05) is 13.2 Å². The number of benzene rings is 1. The lowest BCUT2D eigenvalue weighted by atomic mass is 9.90. The number of hydrogen-bond acceptors (Lipinski definition) is 4. The lowest BCUT2D eigenvalue weighted by Gasteiger charge is -2.23. The first kappa shape index (κ1) is 18.1. The molecule has 6 nitrogen and oxygen atoms in total. The van der Waals surface area contributed by atoms with E-state index in [0.29, 0.717) is 49.0 Å². The first-order valence-electron chi connectivity index (χ1n) is 8.27. The molecule has 0 atom stereocenters. The molecule has 1 heterocycles. The number of rotatable bonds is 8. The Kier molecular flexibility index (Phi) is 6.09. The summed E-state index contributed by atoms with van der Waals surface area (Å²) in [5.74, 6) is 0.580. The smallest absolute Gasteiger partial charge is 0.258 e. The highest BCUT2D eigenvalue weighted by Gasteiger charge is 2.17. The van der Waals surface area contributed by atoms with Crippen LogP contribution in [0.2, 0.25) is 0 Å². The molecule has 1 aromatic carbocycles. The van der Waals surface area contributed by atoms with Gasteiger partial charge in [-0.15, -0.1) is 0 Å². The summed E-state index contributed by atoms with van der Waals surface area (Å²) in [6.07, 6.45) is 2.20. The molecule has 0 saturated heterocycles. The summed E-state index contributed by atoms with van der Waals surface area (Å²) >= 11 is 0. The van der Waals surface area contributed by atoms with Crippen molar-refractivity contribution in [1.29, 1.82) is 0 Å². The van der Waals surface area contributed by atoms with Crippen molar-refractivity contribution in [2.45, 2.75) is 39.5 Å². The summed E-state index contributed by atoms with van der Waals surface area (Å²) in [5.41, 5.74) is 0.410. The van der Waals surface area contributed by atoms with Crippen molar-refractivity contribution < 1.29 is 9.90 Å². The molecular formula is C18H25N3O3. The van der Waals surface area contributed by atoms with Gasteiger partial charge in [-0.2, -0.15) is 0 Å². The molecule has 1 amide bonds. The Bertz CT molecular complexity index is 753. The maximum Gasteiger partial charge on any atom is 0.258 e. The van der Waals surface area contributed by atoms with E-state index < -0.39 is 0 Å². The predicted molar refractivity (Wildman–Crippen MR) is 93.8 cm³/mol. The predicted octanol–water partition coefficient (Wildman–Crippen LogP) is 1.77. The number of aliphatic hydroxyl groups is 1. The minimum atomic E-state index is -0.147. The van der Waals surface area contributed by atoms with Gasteiger partial charge in [0.25, 0.3) is 5.56 Å². The molecule has 0 aliphatic carbocycles. The molecule has 130 valence electrons. The van der Waals surface area contributed by atoms with Crippen LogP contribution in [0, 0.1) is 5.41 Å². The van der Waals surface area contributed by atoms with E-state index in [-0.39, 0.29) is 23.5 Å². The molecule has 3 N–H and O–H groups in total. The molecule has 0 radical (unpaired) electrons. The second-order valence-electron chi connectivity index (χ2n) is 6.80. The van der Waals surface area contributed by atoms with Crippen molar-refractivity contribution >= 4 is 16.8 Å². The summed E-state index contributed by atoms with van der Waals surface area (Å²) in [7, 11) is 0.